The zero-order valence-electron chi connectivity index (χ0n) is 10.4. The number of nitrogens with one attached hydrogen (secondary N) is 1. The molecule has 0 aliphatic heterocycles. The summed E-state index contributed by atoms with van der Waals surface area (Å²) in [6.45, 7) is 0. The summed E-state index contributed by atoms with van der Waals surface area (Å²) in [4.78, 5) is 0.166. The molecule has 106 valence electrons. The zero-order valence-corrected chi connectivity index (χ0v) is 13.6. The molecule has 2 rings (SSSR count). The standard InChI is InChI=1S/C13H11BrClNO3S/c1-19-13-6-5-10(8-12(13)15)16-20(17,18)11-4-2-3-9(14)7-11/h2-8,16H,1H3. The van der Waals surface area contributed by atoms with E-state index in [2.05, 4.69) is 20.7 Å². The quantitative estimate of drug-likeness (QED) is 0.880. The van der Waals surface area contributed by atoms with Gasteiger partial charge < -0.3 is 4.74 Å². The van der Waals surface area contributed by atoms with Gasteiger partial charge in [0.2, 0.25) is 0 Å². The first kappa shape index (κ1) is 15.2. The fourth-order valence-corrected chi connectivity index (χ4v) is 3.48. The fourth-order valence-electron chi connectivity index (χ4n) is 1.58. The van der Waals surface area contributed by atoms with Crippen molar-refractivity contribution in [2.45, 2.75) is 4.90 Å². The lowest BCUT2D eigenvalue weighted by Gasteiger charge is -2.10. The van der Waals surface area contributed by atoms with Gasteiger partial charge in [0.15, 0.2) is 0 Å². The van der Waals surface area contributed by atoms with E-state index in [0.717, 1.165) is 0 Å². The Hall–Kier alpha value is -1.24. The van der Waals surface area contributed by atoms with E-state index in [9.17, 15) is 8.42 Å². The minimum absolute atomic E-state index is 0.166. The van der Waals surface area contributed by atoms with Crippen LogP contribution >= 0.6 is 27.5 Å². The monoisotopic (exact) mass is 375 g/mol. The first-order chi connectivity index (χ1) is 9.42. The Bertz CT molecular complexity index is 734. The second-order valence-electron chi connectivity index (χ2n) is 3.91. The average molecular weight is 377 g/mol. The van der Waals surface area contributed by atoms with Crippen LogP contribution in [0.3, 0.4) is 0 Å². The Balaban J connectivity index is 2.31. The highest BCUT2D eigenvalue weighted by Crippen LogP contribution is 2.28. The third kappa shape index (κ3) is 3.45. The number of halogens is 2. The van der Waals surface area contributed by atoms with Gasteiger partial charge >= 0.3 is 0 Å². The molecule has 0 saturated heterocycles. The van der Waals surface area contributed by atoms with Crippen molar-refractivity contribution in [1.29, 1.82) is 0 Å². The smallest absolute Gasteiger partial charge is 0.261 e. The van der Waals surface area contributed by atoms with Crippen molar-refractivity contribution >= 4 is 43.2 Å². The van der Waals surface area contributed by atoms with Crippen LogP contribution in [0.1, 0.15) is 0 Å². The van der Waals surface area contributed by atoms with E-state index in [-0.39, 0.29) is 4.90 Å². The minimum Gasteiger partial charge on any atom is -0.495 e. The molecule has 0 saturated carbocycles. The van der Waals surface area contributed by atoms with E-state index in [1.54, 1.807) is 24.3 Å². The van der Waals surface area contributed by atoms with Crippen molar-refractivity contribution in [2.24, 2.45) is 0 Å². The van der Waals surface area contributed by atoms with Crippen molar-refractivity contribution in [3.8, 4) is 5.75 Å². The van der Waals surface area contributed by atoms with E-state index in [1.807, 2.05) is 0 Å². The van der Waals surface area contributed by atoms with Gasteiger partial charge in [-0.3, -0.25) is 4.72 Å². The molecular formula is C13H11BrClNO3S. The summed E-state index contributed by atoms with van der Waals surface area (Å²) in [7, 11) is -2.16. The second kappa shape index (κ2) is 6.03. The summed E-state index contributed by atoms with van der Waals surface area (Å²) in [5.74, 6) is 0.483. The number of benzene rings is 2. The van der Waals surface area contributed by atoms with E-state index in [1.165, 1.54) is 25.3 Å². The molecule has 0 amide bonds. The predicted molar refractivity (Wildman–Crippen MR) is 83.0 cm³/mol. The van der Waals surface area contributed by atoms with Crippen LogP contribution in [0.25, 0.3) is 0 Å². The molecule has 0 aromatic heterocycles. The first-order valence-corrected chi connectivity index (χ1v) is 8.20. The Morgan fingerprint density at radius 2 is 1.95 bits per heavy atom. The van der Waals surface area contributed by atoms with Gasteiger partial charge in [-0.05, 0) is 36.4 Å². The van der Waals surface area contributed by atoms with E-state index >= 15 is 0 Å². The van der Waals surface area contributed by atoms with E-state index < -0.39 is 10.0 Å². The maximum Gasteiger partial charge on any atom is 0.261 e. The van der Waals surface area contributed by atoms with Crippen LogP contribution in [0.4, 0.5) is 5.69 Å². The number of hydrogen-bond acceptors (Lipinski definition) is 3. The van der Waals surface area contributed by atoms with Crippen LogP contribution in [0.5, 0.6) is 5.75 Å². The van der Waals surface area contributed by atoms with Crippen LogP contribution in [0, 0.1) is 0 Å². The molecule has 0 radical (unpaired) electrons. The number of methoxy groups -OCH3 is 1. The summed E-state index contributed by atoms with van der Waals surface area (Å²) in [6.07, 6.45) is 0. The maximum absolute atomic E-state index is 12.2. The zero-order chi connectivity index (χ0) is 14.8. The molecule has 2 aromatic rings. The number of anilines is 1. The molecule has 0 aliphatic rings. The van der Waals surface area contributed by atoms with Gasteiger partial charge in [-0.25, -0.2) is 8.42 Å². The third-order valence-corrected chi connectivity index (χ3v) is 4.68. The molecule has 7 heteroatoms. The molecule has 0 heterocycles. The van der Waals surface area contributed by atoms with Crippen molar-refractivity contribution in [2.75, 3.05) is 11.8 Å². The molecule has 0 fully saturated rings. The number of rotatable bonds is 4. The highest BCUT2D eigenvalue weighted by atomic mass is 79.9. The fraction of sp³-hybridized carbons (Fsp3) is 0.0769. The summed E-state index contributed by atoms with van der Waals surface area (Å²) < 4.78 is 32.6. The van der Waals surface area contributed by atoms with Gasteiger partial charge in [-0.15, -0.1) is 0 Å². The summed E-state index contributed by atoms with van der Waals surface area (Å²) >= 11 is 9.20. The molecule has 0 spiro atoms. The molecule has 2 aromatic carbocycles. The summed E-state index contributed by atoms with van der Waals surface area (Å²) in [5.41, 5.74) is 0.371. The Morgan fingerprint density at radius 1 is 1.20 bits per heavy atom. The van der Waals surface area contributed by atoms with Crippen LogP contribution in [-0.4, -0.2) is 15.5 Å². The molecule has 20 heavy (non-hydrogen) atoms. The molecule has 0 bridgehead atoms. The van der Waals surface area contributed by atoms with Crippen LogP contribution in [0.15, 0.2) is 51.8 Å². The van der Waals surface area contributed by atoms with Gasteiger partial charge in [0.1, 0.15) is 5.75 Å². The molecular weight excluding hydrogens is 366 g/mol. The molecule has 1 N–H and O–H groups in total. The maximum atomic E-state index is 12.2. The van der Waals surface area contributed by atoms with Crippen LogP contribution in [-0.2, 0) is 10.0 Å². The number of hydrogen-bond donors (Lipinski definition) is 1. The molecule has 4 nitrogen and oxygen atoms in total. The molecule has 0 aliphatic carbocycles. The van der Waals surface area contributed by atoms with Gasteiger partial charge in [0.25, 0.3) is 10.0 Å². The Morgan fingerprint density at radius 3 is 2.55 bits per heavy atom. The Kier molecular flexibility index (Phi) is 4.57. The lowest BCUT2D eigenvalue weighted by molar-refractivity contribution is 0.415. The minimum atomic E-state index is -3.65. The molecule has 0 unspecified atom stereocenters. The lowest BCUT2D eigenvalue weighted by atomic mass is 10.3. The number of sulfonamides is 1. The first-order valence-electron chi connectivity index (χ1n) is 5.54. The van der Waals surface area contributed by atoms with Gasteiger partial charge in [0, 0.05) is 4.47 Å². The summed E-state index contributed by atoms with van der Waals surface area (Å²) in [5, 5.41) is 0.335. The third-order valence-electron chi connectivity index (χ3n) is 2.51. The number of ether oxygens (including phenoxy) is 1. The predicted octanol–water partition coefficient (Wildman–Crippen LogP) is 3.91. The van der Waals surface area contributed by atoms with Crippen molar-refractivity contribution < 1.29 is 13.2 Å². The van der Waals surface area contributed by atoms with Gasteiger partial charge in [-0.2, -0.15) is 0 Å². The van der Waals surface area contributed by atoms with Crippen molar-refractivity contribution in [3.63, 3.8) is 0 Å². The summed E-state index contributed by atoms with van der Waals surface area (Å²) in [6, 6.07) is 11.1. The van der Waals surface area contributed by atoms with Crippen LogP contribution < -0.4 is 9.46 Å². The van der Waals surface area contributed by atoms with Gasteiger partial charge in [-0.1, -0.05) is 33.6 Å². The largest absolute Gasteiger partial charge is 0.495 e. The van der Waals surface area contributed by atoms with E-state index in [4.69, 9.17) is 16.3 Å². The Labute approximate surface area is 130 Å². The average Bonchev–Trinajstić information content (AvgIpc) is 2.38. The van der Waals surface area contributed by atoms with Crippen LogP contribution in [0.2, 0.25) is 5.02 Å². The second-order valence-corrected chi connectivity index (χ2v) is 6.92. The van der Waals surface area contributed by atoms with Crippen molar-refractivity contribution in [3.05, 3.63) is 52.0 Å². The highest BCUT2D eigenvalue weighted by molar-refractivity contribution is 9.10. The normalized spacial score (nSPS) is 11.2. The molecule has 0 atom stereocenters. The van der Waals surface area contributed by atoms with Gasteiger partial charge in [0.05, 0.1) is 22.7 Å². The topological polar surface area (TPSA) is 55.4 Å². The van der Waals surface area contributed by atoms with E-state index in [0.29, 0.717) is 20.9 Å². The van der Waals surface area contributed by atoms with Crippen molar-refractivity contribution in [1.82, 2.24) is 0 Å². The highest BCUT2D eigenvalue weighted by Gasteiger charge is 2.15. The SMILES string of the molecule is COc1ccc(NS(=O)(=O)c2cccc(Br)c2)cc1Cl. The lowest BCUT2D eigenvalue weighted by Crippen LogP contribution is -2.12.